The van der Waals surface area contributed by atoms with Gasteiger partial charge in [-0.2, -0.15) is 0 Å². The largest absolute Gasteiger partial charge is 0.345 e. The fourth-order valence-corrected chi connectivity index (χ4v) is 0.851. The fraction of sp³-hybridized carbons (Fsp3) is 0.222. The van der Waals surface area contributed by atoms with Crippen molar-refractivity contribution in [3.63, 3.8) is 0 Å². The van der Waals surface area contributed by atoms with E-state index in [1.807, 2.05) is 0 Å². The number of carbonyl (C=O) groups is 1. The molecule has 1 rings (SSSR count). The Morgan fingerprint density at radius 3 is 2.17 bits per heavy atom. The standard InChI is InChI=1S/C9H10FNO/c1-11(2)9(12)7-3-5-8(10)6-4-7/h3-6H,1-2H3. The van der Waals surface area contributed by atoms with E-state index in [1.54, 1.807) is 14.1 Å². The highest BCUT2D eigenvalue weighted by molar-refractivity contribution is 5.93. The lowest BCUT2D eigenvalue weighted by Gasteiger charge is -2.09. The second-order valence-electron chi connectivity index (χ2n) is 2.71. The lowest BCUT2D eigenvalue weighted by Crippen LogP contribution is -2.21. The molecular weight excluding hydrogens is 157 g/mol. The predicted molar refractivity (Wildman–Crippen MR) is 44.4 cm³/mol. The summed E-state index contributed by atoms with van der Waals surface area (Å²) in [6.07, 6.45) is 0. The van der Waals surface area contributed by atoms with E-state index < -0.39 is 0 Å². The Balaban J connectivity index is 2.90. The van der Waals surface area contributed by atoms with Crippen LogP contribution in [0.15, 0.2) is 24.3 Å². The molecular formula is C9H10FNO. The summed E-state index contributed by atoms with van der Waals surface area (Å²) >= 11 is 0. The van der Waals surface area contributed by atoms with Gasteiger partial charge in [-0.1, -0.05) is 0 Å². The number of rotatable bonds is 1. The molecule has 1 amide bonds. The summed E-state index contributed by atoms with van der Waals surface area (Å²) in [6.45, 7) is 0. The van der Waals surface area contributed by atoms with Gasteiger partial charge >= 0.3 is 0 Å². The maximum atomic E-state index is 12.4. The van der Waals surface area contributed by atoms with Crippen LogP contribution in [0.25, 0.3) is 0 Å². The first-order valence-electron chi connectivity index (χ1n) is 3.58. The molecule has 1 aromatic rings. The van der Waals surface area contributed by atoms with Crippen LogP contribution in [-0.2, 0) is 0 Å². The van der Waals surface area contributed by atoms with E-state index in [4.69, 9.17) is 0 Å². The van der Waals surface area contributed by atoms with E-state index in [0.29, 0.717) is 5.56 Å². The first-order valence-corrected chi connectivity index (χ1v) is 3.58. The van der Waals surface area contributed by atoms with Gasteiger partial charge in [-0.15, -0.1) is 0 Å². The molecule has 3 heteroatoms. The molecule has 0 aliphatic carbocycles. The molecule has 0 atom stereocenters. The van der Waals surface area contributed by atoms with E-state index in [1.165, 1.54) is 29.2 Å². The Hall–Kier alpha value is -1.38. The Labute approximate surface area is 70.6 Å². The van der Waals surface area contributed by atoms with E-state index >= 15 is 0 Å². The topological polar surface area (TPSA) is 20.3 Å². The maximum Gasteiger partial charge on any atom is 0.253 e. The zero-order valence-electron chi connectivity index (χ0n) is 7.04. The minimum atomic E-state index is -0.328. The van der Waals surface area contributed by atoms with Crippen molar-refractivity contribution in [2.75, 3.05) is 14.1 Å². The van der Waals surface area contributed by atoms with Crippen LogP contribution in [0.5, 0.6) is 0 Å². The summed E-state index contributed by atoms with van der Waals surface area (Å²) in [7, 11) is 3.32. The first-order chi connectivity index (χ1) is 5.61. The summed E-state index contributed by atoms with van der Waals surface area (Å²) in [5, 5.41) is 0. The van der Waals surface area contributed by atoms with Crippen molar-refractivity contribution in [1.29, 1.82) is 0 Å². The van der Waals surface area contributed by atoms with Crippen LogP contribution in [0.3, 0.4) is 0 Å². The van der Waals surface area contributed by atoms with Gasteiger partial charge in [0, 0.05) is 19.7 Å². The lowest BCUT2D eigenvalue weighted by atomic mass is 10.2. The summed E-state index contributed by atoms with van der Waals surface area (Å²) in [5.74, 6) is -0.444. The third-order valence-corrected chi connectivity index (χ3v) is 1.50. The molecule has 0 bridgehead atoms. The average molecular weight is 167 g/mol. The quantitative estimate of drug-likeness (QED) is 0.621. The van der Waals surface area contributed by atoms with Gasteiger partial charge in [0.05, 0.1) is 0 Å². The highest BCUT2D eigenvalue weighted by atomic mass is 19.1. The molecule has 0 saturated heterocycles. The molecule has 0 radical (unpaired) electrons. The number of halogens is 1. The second kappa shape index (κ2) is 3.34. The molecule has 64 valence electrons. The van der Waals surface area contributed by atoms with Gasteiger partial charge in [0.25, 0.3) is 5.91 Å². The monoisotopic (exact) mass is 167 g/mol. The van der Waals surface area contributed by atoms with Crippen molar-refractivity contribution in [1.82, 2.24) is 4.90 Å². The molecule has 0 heterocycles. The van der Waals surface area contributed by atoms with Crippen LogP contribution >= 0.6 is 0 Å². The Morgan fingerprint density at radius 1 is 1.25 bits per heavy atom. The van der Waals surface area contributed by atoms with E-state index in [0.717, 1.165) is 0 Å². The Bertz CT molecular complexity index is 279. The molecule has 0 spiro atoms. The van der Waals surface area contributed by atoms with E-state index in [2.05, 4.69) is 0 Å². The van der Waals surface area contributed by atoms with E-state index in [9.17, 15) is 9.18 Å². The fourth-order valence-electron chi connectivity index (χ4n) is 0.851. The Morgan fingerprint density at radius 2 is 1.75 bits per heavy atom. The number of nitrogens with zero attached hydrogens (tertiary/aromatic N) is 1. The van der Waals surface area contributed by atoms with Crippen molar-refractivity contribution < 1.29 is 9.18 Å². The number of amides is 1. The molecule has 0 unspecified atom stereocenters. The van der Waals surface area contributed by atoms with Gasteiger partial charge in [0.2, 0.25) is 0 Å². The molecule has 0 fully saturated rings. The first kappa shape index (κ1) is 8.71. The van der Waals surface area contributed by atoms with Gasteiger partial charge in [-0.25, -0.2) is 4.39 Å². The molecule has 12 heavy (non-hydrogen) atoms. The van der Waals surface area contributed by atoms with Crippen molar-refractivity contribution in [2.24, 2.45) is 0 Å². The molecule has 0 aliphatic heterocycles. The minimum absolute atomic E-state index is 0.116. The summed E-state index contributed by atoms with van der Waals surface area (Å²) in [5.41, 5.74) is 0.501. The minimum Gasteiger partial charge on any atom is -0.345 e. The highest BCUT2D eigenvalue weighted by Gasteiger charge is 2.06. The third kappa shape index (κ3) is 1.81. The second-order valence-corrected chi connectivity index (χ2v) is 2.71. The van der Waals surface area contributed by atoms with Gasteiger partial charge in [0.1, 0.15) is 5.82 Å². The van der Waals surface area contributed by atoms with Crippen LogP contribution in [0.4, 0.5) is 4.39 Å². The van der Waals surface area contributed by atoms with Crippen molar-refractivity contribution in [3.05, 3.63) is 35.6 Å². The number of carbonyl (C=O) groups excluding carboxylic acids is 1. The SMILES string of the molecule is CN(C)C(=O)c1ccc(F)cc1. The molecule has 0 aliphatic rings. The number of benzene rings is 1. The lowest BCUT2D eigenvalue weighted by molar-refractivity contribution is 0.0827. The summed E-state index contributed by atoms with van der Waals surface area (Å²) in [6, 6.07) is 5.49. The molecule has 0 N–H and O–H groups in total. The highest BCUT2D eigenvalue weighted by Crippen LogP contribution is 2.04. The zero-order chi connectivity index (χ0) is 9.14. The molecule has 0 aromatic heterocycles. The van der Waals surface area contributed by atoms with Gasteiger partial charge in [-0.05, 0) is 24.3 Å². The van der Waals surface area contributed by atoms with Crippen LogP contribution < -0.4 is 0 Å². The molecule has 1 aromatic carbocycles. The normalized spacial score (nSPS) is 9.58. The Kier molecular flexibility index (Phi) is 2.43. The van der Waals surface area contributed by atoms with Crippen LogP contribution in [0, 0.1) is 5.82 Å². The molecule has 2 nitrogen and oxygen atoms in total. The average Bonchev–Trinajstić information content (AvgIpc) is 2.04. The van der Waals surface area contributed by atoms with Gasteiger partial charge in [0.15, 0.2) is 0 Å². The van der Waals surface area contributed by atoms with E-state index in [-0.39, 0.29) is 11.7 Å². The van der Waals surface area contributed by atoms with Crippen LogP contribution in [0.1, 0.15) is 10.4 Å². The summed E-state index contributed by atoms with van der Waals surface area (Å²) in [4.78, 5) is 12.7. The van der Waals surface area contributed by atoms with Crippen LogP contribution in [-0.4, -0.2) is 24.9 Å². The maximum absolute atomic E-state index is 12.4. The van der Waals surface area contributed by atoms with Gasteiger partial charge < -0.3 is 4.90 Å². The predicted octanol–water partition coefficient (Wildman–Crippen LogP) is 1.53. The molecule has 0 saturated carbocycles. The number of hydrogen-bond acceptors (Lipinski definition) is 1. The van der Waals surface area contributed by atoms with Gasteiger partial charge in [-0.3, -0.25) is 4.79 Å². The number of hydrogen-bond donors (Lipinski definition) is 0. The van der Waals surface area contributed by atoms with Crippen molar-refractivity contribution >= 4 is 5.91 Å². The zero-order valence-corrected chi connectivity index (χ0v) is 7.04. The smallest absolute Gasteiger partial charge is 0.253 e. The van der Waals surface area contributed by atoms with Crippen molar-refractivity contribution in [3.8, 4) is 0 Å². The van der Waals surface area contributed by atoms with Crippen LogP contribution in [0.2, 0.25) is 0 Å². The summed E-state index contributed by atoms with van der Waals surface area (Å²) < 4.78 is 12.4. The van der Waals surface area contributed by atoms with Crippen molar-refractivity contribution in [2.45, 2.75) is 0 Å². The third-order valence-electron chi connectivity index (χ3n) is 1.50.